The Hall–Kier alpha value is -2.16. The molecule has 118 valence electrons. The van der Waals surface area contributed by atoms with Crippen molar-refractivity contribution in [3.8, 4) is 31.3 Å². The number of aryl methyl sites for hydroxylation is 2. The SMILES string of the molecule is Cc1ccc(-c2ccc(-c3ccc(-c4ccc(C)s4)cc3)s2)cc1. The van der Waals surface area contributed by atoms with Crippen LogP contribution in [0.2, 0.25) is 0 Å². The largest absolute Gasteiger partial charge is 0.141 e. The fraction of sp³-hybridized carbons (Fsp3) is 0.0909. The second-order valence-electron chi connectivity index (χ2n) is 6.02. The zero-order valence-electron chi connectivity index (χ0n) is 13.7. The van der Waals surface area contributed by atoms with E-state index in [0.717, 1.165) is 0 Å². The van der Waals surface area contributed by atoms with Gasteiger partial charge >= 0.3 is 0 Å². The van der Waals surface area contributed by atoms with E-state index in [1.807, 2.05) is 22.7 Å². The Morgan fingerprint density at radius 1 is 0.458 bits per heavy atom. The second kappa shape index (κ2) is 6.39. The summed E-state index contributed by atoms with van der Waals surface area (Å²) in [4.78, 5) is 5.34. The second-order valence-corrected chi connectivity index (χ2v) is 8.39. The molecule has 0 radical (unpaired) electrons. The quantitative estimate of drug-likeness (QED) is 0.362. The van der Waals surface area contributed by atoms with Crippen molar-refractivity contribution in [2.45, 2.75) is 13.8 Å². The van der Waals surface area contributed by atoms with Crippen LogP contribution in [0.5, 0.6) is 0 Å². The predicted octanol–water partition coefficient (Wildman–Crippen LogP) is 7.43. The molecule has 0 aliphatic carbocycles. The monoisotopic (exact) mass is 346 g/mol. The average Bonchev–Trinajstić information content (AvgIpc) is 3.25. The smallest absolute Gasteiger partial charge is 0.0349 e. The van der Waals surface area contributed by atoms with Crippen LogP contribution >= 0.6 is 22.7 Å². The minimum atomic E-state index is 1.29. The Morgan fingerprint density at radius 3 is 1.33 bits per heavy atom. The molecule has 0 N–H and O–H groups in total. The molecule has 2 heteroatoms. The van der Waals surface area contributed by atoms with Gasteiger partial charge in [0, 0.05) is 19.5 Å². The van der Waals surface area contributed by atoms with Crippen molar-refractivity contribution >= 4 is 22.7 Å². The highest BCUT2D eigenvalue weighted by Gasteiger charge is 2.06. The van der Waals surface area contributed by atoms with E-state index in [9.17, 15) is 0 Å². The molecule has 0 aliphatic heterocycles. The molecule has 4 rings (SSSR count). The molecular formula is C22H18S2. The van der Waals surface area contributed by atoms with Crippen molar-refractivity contribution < 1.29 is 0 Å². The van der Waals surface area contributed by atoms with Crippen molar-refractivity contribution in [1.82, 2.24) is 0 Å². The van der Waals surface area contributed by atoms with E-state index in [2.05, 4.69) is 86.6 Å². The van der Waals surface area contributed by atoms with Crippen molar-refractivity contribution in [2.75, 3.05) is 0 Å². The number of rotatable bonds is 3. The number of benzene rings is 2. The zero-order chi connectivity index (χ0) is 16.5. The maximum Gasteiger partial charge on any atom is 0.0349 e. The van der Waals surface area contributed by atoms with E-state index in [-0.39, 0.29) is 0 Å². The molecule has 0 aliphatic rings. The summed E-state index contributed by atoms with van der Waals surface area (Å²) in [5.74, 6) is 0. The van der Waals surface area contributed by atoms with E-state index >= 15 is 0 Å². The maximum absolute atomic E-state index is 2.23. The van der Waals surface area contributed by atoms with E-state index in [1.54, 1.807) is 0 Å². The van der Waals surface area contributed by atoms with Gasteiger partial charge < -0.3 is 0 Å². The summed E-state index contributed by atoms with van der Waals surface area (Å²) >= 11 is 3.70. The molecule has 0 spiro atoms. The molecule has 0 bridgehead atoms. The molecule has 0 saturated carbocycles. The van der Waals surface area contributed by atoms with Crippen LogP contribution in [0, 0.1) is 13.8 Å². The van der Waals surface area contributed by atoms with Crippen molar-refractivity contribution in [2.24, 2.45) is 0 Å². The van der Waals surface area contributed by atoms with Crippen LogP contribution in [0.4, 0.5) is 0 Å². The molecule has 0 unspecified atom stereocenters. The number of hydrogen-bond donors (Lipinski definition) is 0. The highest BCUT2D eigenvalue weighted by atomic mass is 32.1. The Labute approximate surface area is 151 Å². The molecule has 24 heavy (non-hydrogen) atoms. The Balaban J connectivity index is 1.61. The minimum absolute atomic E-state index is 1.29. The van der Waals surface area contributed by atoms with Gasteiger partial charge in [-0.3, -0.25) is 0 Å². The Bertz CT molecular complexity index is 954. The first-order valence-electron chi connectivity index (χ1n) is 8.03. The first-order valence-corrected chi connectivity index (χ1v) is 9.66. The third-order valence-electron chi connectivity index (χ3n) is 4.14. The molecule has 0 amide bonds. The van der Waals surface area contributed by atoms with Gasteiger partial charge in [0.2, 0.25) is 0 Å². The summed E-state index contributed by atoms with van der Waals surface area (Å²) in [6, 6.07) is 26.5. The highest BCUT2D eigenvalue weighted by Crippen LogP contribution is 2.36. The van der Waals surface area contributed by atoms with Gasteiger partial charge in [0.15, 0.2) is 0 Å². The summed E-state index contributed by atoms with van der Waals surface area (Å²) in [6.45, 7) is 4.28. The summed E-state index contributed by atoms with van der Waals surface area (Å²) in [7, 11) is 0. The van der Waals surface area contributed by atoms with Crippen molar-refractivity contribution in [1.29, 1.82) is 0 Å². The van der Waals surface area contributed by atoms with Crippen LogP contribution in [0.1, 0.15) is 10.4 Å². The van der Waals surface area contributed by atoms with Crippen LogP contribution < -0.4 is 0 Å². The van der Waals surface area contributed by atoms with Crippen LogP contribution in [0.25, 0.3) is 31.3 Å². The van der Waals surface area contributed by atoms with Gasteiger partial charge in [-0.1, -0.05) is 54.1 Å². The lowest BCUT2D eigenvalue weighted by Gasteiger charge is -2.01. The predicted molar refractivity (Wildman–Crippen MR) is 108 cm³/mol. The molecule has 0 nitrogen and oxygen atoms in total. The van der Waals surface area contributed by atoms with Gasteiger partial charge in [0.1, 0.15) is 0 Å². The highest BCUT2D eigenvalue weighted by molar-refractivity contribution is 7.18. The first kappa shape index (κ1) is 15.4. The molecular weight excluding hydrogens is 328 g/mol. The molecule has 0 atom stereocenters. The average molecular weight is 347 g/mol. The van der Waals surface area contributed by atoms with Gasteiger partial charge in [-0.25, -0.2) is 0 Å². The van der Waals surface area contributed by atoms with Gasteiger partial charge in [0.05, 0.1) is 0 Å². The Kier molecular flexibility index (Phi) is 4.09. The molecule has 2 aromatic carbocycles. The Morgan fingerprint density at radius 2 is 0.875 bits per heavy atom. The number of hydrogen-bond acceptors (Lipinski definition) is 2. The van der Waals surface area contributed by atoms with Crippen LogP contribution in [0.3, 0.4) is 0 Å². The fourth-order valence-corrected chi connectivity index (χ4v) is 4.64. The van der Waals surface area contributed by atoms with E-state index < -0.39 is 0 Å². The minimum Gasteiger partial charge on any atom is -0.141 e. The van der Waals surface area contributed by atoms with Crippen molar-refractivity contribution in [3.05, 3.63) is 83.2 Å². The standard InChI is InChI=1S/C22H18S2/c1-15-3-6-17(7-4-15)21-13-14-22(24-21)19-10-8-18(9-11-19)20-12-5-16(2)23-20/h3-14H,1-2H3. The molecule has 0 saturated heterocycles. The molecule has 4 aromatic rings. The van der Waals surface area contributed by atoms with Crippen LogP contribution in [0.15, 0.2) is 72.8 Å². The third kappa shape index (κ3) is 3.08. The van der Waals surface area contributed by atoms with Gasteiger partial charge in [-0.15, -0.1) is 22.7 Å². The molecule has 2 aromatic heterocycles. The number of thiophene rings is 2. The first-order chi connectivity index (χ1) is 11.7. The van der Waals surface area contributed by atoms with E-state index in [1.165, 1.54) is 41.8 Å². The lowest BCUT2D eigenvalue weighted by atomic mass is 10.1. The topological polar surface area (TPSA) is 0 Å². The third-order valence-corrected chi connectivity index (χ3v) is 6.37. The lowest BCUT2D eigenvalue weighted by Crippen LogP contribution is -1.74. The molecule has 0 fully saturated rings. The van der Waals surface area contributed by atoms with Crippen LogP contribution in [-0.2, 0) is 0 Å². The van der Waals surface area contributed by atoms with Crippen molar-refractivity contribution in [3.63, 3.8) is 0 Å². The van der Waals surface area contributed by atoms with Gasteiger partial charge in [0.25, 0.3) is 0 Å². The summed E-state index contributed by atoms with van der Waals surface area (Å²) in [5.41, 5.74) is 5.18. The summed E-state index contributed by atoms with van der Waals surface area (Å²) in [5, 5.41) is 0. The lowest BCUT2D eigenvalue weighted by molar-refractivity contribution is 1.48. The maximum atomic E-state index is 2.23. The van der Waals surface area contributed by atoms with Gasteiger partial charge in [-0.05, 0) is 54.8 Å². The van der Waals surface area contributed by atoms with Crippen LogP contribution in [-0.4, -0.2) is 0 Å². The molecule has 2 heterocycles. The van der Waals surface area contributed by atoms with E-state index in [0.29, 0.717) is 0 Å². The summed E-state index contributed by atoms with van der Waals surface area (Å²) < 4.78 is 0. The van der Waals surface area contributed by atoms with E-state index in [4.69, 9.17) is 0 Å². The zero-order valence-corrected chi connectivity index (χ0v) is 15.4. The fourth-order valence-electron chi connectivity index (χ4n) is 2.75. The normalized spacial score (nSPS) is 10.9. The van der Waals surface area contributed by atoms with Gasteiger partial charge in [-0.2, -0.15) is 0 Å². The summed E-state index contributed by atoms with van der Waals surface area (Å²) in [6.07, 6.45) is 0.